The maximum atomic E-state index is 11.8. The maximum absolute atomic E-state index is 11.8. The van der Waals surface area contributed by atoms with Gasteiger partial charge in [0, 0.05) is 6.42 Å². The van der Waals surface area contributed by atoms with E-state index < -0.39 is 28.0 Å². The van der Waals surface area contributed by atoms with Gasteiger partial charge < -0.3 is 9.84 Å². The fourth-order valence-corrected chi connectivity index (χ4v) is 2.96. The molecule has 0 radical (unpaired) electrons. The molecule has 0 aromatic rings. The molecule has 0 rings (SSSR count). The Labute approximate surface area is 119 Å². The Kier molecular flexibility index (Phi) is 7.15. The Balaban J connectivity index is 4.57. The minimum atomic E-state index is -3.70. The highest BCUT2D eigenvalue weighted by Crippen LogP contribution is 2.19. The molecular weight excluding hydrogens is 286 g/mol. The van der Waals surface area contributed by atoms with Gasteiger partial charge in [0.1, 0.15) is 6.04 Å². The molecule has 7 nitrogen and oxygen atoms in total. The normalized spacial score (nSPS) is 13.8. The Morgan fingerprint density at radius 1 is 1.30 bits per heavy atom. The summed E-state index contributed by atoms with van der Waals surface area (Å²) in [5, 5.41) is 8.97. The Hall–Kier alpha value is -1.15. The van der Waals surface area contributed by atoms with E-state index in [1.807, 2.05) is 20.8 Å². The topological polar surface area (TPSA) is 110 Å². The maximum Gasteiger partial charge on any atom is 0.321 e. The highest BCUT2D eigenvalue weighted by atomic mass is 32.2. The largest absolute Gasteiger partial charge is 0.480 e. The van der Waals surface area contributed by atoms with E-state index in [0.717, 1.165) is 0 Å². The molecule has 20 heavy (non-hydrogen) atoms. The minimum Gasteiger partial charge on any atom is -0.480 e. The van der Waals surface area contributed by atoms with E-state index in [2.05, 4.69) is 9.46 Å². The Morgan fingerprint density at radius 2 is 1.85 bits per heavy atom. The van der Waals surface area contributed by atoms with Gasteiger partial charge in [-0.05, 0) is 18.3 Å². The predicted molar refractivity (Wildman–Crippen MR) is 73.7 cm³/mol. The van der Waals surface area contributed by atoms with Crippen molar-refractivity contribution < 1.29 is 27.9 Å². The van der Waals surface area contributed by atoms with Gasteiger partial charge in [-0.3, -0.25) is 9.59 Å². The number of carboxylic acids is 1. The van der Waals surface area contributed by atoms with Gasteiger partial charge in [0.25, 0.3) is 0 Å². The molecular formula is C12H23NO6S. The zero-order valence-corrected chi connectivity index (χ0v) is 13.1. The molecule has 0 aromatic heterocycles. The van der Waals surface area contributed by atoms with Crippen molar-refractivity contribution in [3.8, 4) is 0 Å². The number of esters is 1. The van der Waals surface area contributed by atoms with Crippen molar-refractivity contribution in [2.75, 3.05) is 12.9 Å². The van der Waals surface area contributed by atoms with Crippen molar-refractivity contribution in [3.63, 3.8) is 0 Å². The van der Waals surface area contributed by atoms with Crippen molar-refractivity contribution in [2.45, 2.75) is 46.1 Å². The van der Waals surface area contributed by atoms with Crippen LogP contribution in [0.3, 0.4) is 0 Å². The second-order valence-corrected chi connectivity index (χ2v) is 7.63. The lowest BCUT2D eigenvalue weighted by Crippen LogP contribution is -2.42. The van der Waals surface area contributed by atoms with Crippen LogP contribution in [0.1, 0.15) is 40.0 Å². The van der Waals surface area contributed by atoms with Crippen LogP contribution in [0.4, 0.5) is 0 Å². The highest BCUT2D eigenvalue weighted by molar-refractivity contribution is 7.89. The molecule has 0 aliphatic heterocycles. The smallest absolute Gasteiger partial charge is 0.321 e. The van der Waals surface area contributed by atoms with Crippen molar-refractivity contribution in [1.29, 1.82) is 0 Å². The monoisotopic (exact) mass is 309 g/mol. The summed E-state index contributed by atoms with van der Waals surface area (Å²) in [6.45, 7) is 5.69. The molecule has 2 N–H and O–H groups in total. The third-order valence-corrected chi connectivity index (χ3v) is 3.99. The van der Waals surface area contributed by atoms with E-state index >= 15 is 0 Å². The first-order valence-corrected chi connectivity index (χ1v) is 7.92. The van der Waals surface area contributed by atoms with Crippen LogP contribution in [0.25, 0.3) is 0 Å². The standard InChI is InChI=1S/C12H23NO6S/c1-12(2,3)7-8-20(17,18)13-9(11(15)16)5-6-10(14)19-4/h9,13H,5-8H2,1-4H3,(H,15,16). The number of carbonyl (C=O) groups is 2. The summed E-state index contributed by atoms with van der Waals surface area (Å²) >= 11 is 0. The number of methoxy groups -OCH3 is 1. The van der Waals surface area contributed by atoms with Crippen LogP contribution < -0.4 is 4.72 Å². The Morgan fingerprint density at radius 3 is 2.25 bits per heavy atom. The van der Waals surface area contributed by atoms with Crippen LogP contribution in [-0.2, 0) is 24.3 Å². The first-order chi connectivity index (χ1) is 8.97. The Bertz CT molecular complexity index is 437. The van der Waals surface area contributed by atoms with Crippen LogP contribution in [0, 0.1) is 5.41 Å². The number of aliphatic carboxylic acids is 1. The van der Waals surface area contributed by atoms with Gasteiger partial charge >= 0.3 is 11.9 Å². The van der Waals surface area contributed by atoms with Gasteiger partial charge in [-0.1, -0.05) is 20.8 Å². The number of carboxylic acid groups (broad SMARTS) is 1. The molecule has 118 valence electrons. The number of hydrogen-bond acceptors (Lipinski definition) is 5. The second kappa shape index (κ2) is 7.58. The van der Waals surface area contributed by atoms with Crippen molar-refractivity contribution in [1.82, 2.24) is 4.72 Å². The zero-order valence-electron chi connectivity index (χ0n) is 12.3. The lowest BCUT2D eigenvalue weighted by Gasteiger charge is -2.19. The molecule has 0 spiro atoms. The van der Waals surface area contributed by atoms with Crippen LogP contribution in [-0.4, -0.2) is 44.4 Å². The first-order valence-electron chi connectivity index (χ1n) is 6.26. The highest BCUT2D eigenvalue weighted by Gasteiger charge is 2.26. The molecule has 0 aromatic carbocycles. The number of carbonyl (C=O) groups excluding carboxylic acids is 1. The number of rotatable bonds is 8. The quantitative estimate of drug-likeness (QED) is 0.640. The molecule has 0 heterocycles. The van der Waals surface area contributed by atoms with Crippen molar-refractivity contribution >= 4 is 22.0 Å². The molecule has 8 heteroatoms. The zero-order chi connectivity index (χ0) is 16.0. The van der Waals surface area contributed by atoms with Crippen LogP contribution >= 0.6 is 0 Å². The lowest BCUT2D eigenvalue weighted by molar-refractivity contribution is -0.142. The number of ether oxygens (including phenoxy) is 1. The van der Waals surface area contributed by atoms with E-state index in [1.54, 1.807) is 0 Å². The summed E-state index contributed by atoms with van der Waals surface area (Å²) in [6, 6.07) is -1.32. The third-order valence-electron chi connectivity index (χ3n) is 2.61. The SMILES string of the molecule is COC(=O)CCC(NS(=O)(=O)CCC(C)(C)C)C(=O)O. The third kappa shape index (κ3) is 8.87. The first kappa shape index (κ1) is 18.9. The van der Waals surface area contributed by atoms with Crippen LogP contribution in [0.15, 0.2) is 0 Å². The van der Waals surface area contributed by atoms with E-state index in [1.165, 1.54) is 7.11 Å². The molecule has 0 saturated heterocycles. The molecule has 0 saturated carbocycles. The summed E-state index contributed by atoms with van der Waals surface area (Å²) < 4.78 is 30.1. The van der Waals surface area contributed by atoms with E-state index in [4.69, 9.17) is 5.11 Å². The molecule has 1 atom stereocenters. The second-order valence-electron chi connectivity index (χ2n) is 5.75. The van der Waals surface area contributed by atoms with Gasteiger partial charge in [-0.25, -0.2) is 13.1 Å². The number of hydrogen-bond donors (Lipinski definition) is 2. The minimum absolute atomic E-state index is 0.142. The summed E-state index contributed by atoms with van der Waals surface area (Å²) in [6.07, 6.45) is 0.109. The molecule has 0 aliphatic rings. The average Bonchev–Trinajstić information content (AvgIpc) is 2.30. The van der Waals surface area contributed by atoms with Gasteiger partial charge in [0.05, 0.1) is 12.9 Å². The average molecular weight is 309 g/mol. The molecule has 0 fully saturated rings. The van der Waals surface area contributed by atoms with Gasteiger partial charge in [0.2, 0.25) is 10.0 Å². The molecule has 0 aliphatic carbocycles. The van der Waals surface area contributed by atoms with Gasteiger partial charge in [-0.15, -0.1) is 0 Å². The van der Waals surface area contributed by atoms with E-state index in [9.17, 15) is 18.0 Å². The van der Waals surface area contributed by atoms with Crippen molar-refractivity contribution in [2.24, 2.45) is 5.41 Å². The summed E-state index contributed by atoms with van der Waals surface area (Å²) in [5.74, 6) is -2.04. The number of nitrogens with one attached hydrogen (secondary N) is 1. The molecule has 1 unspecified atom stereocenters. The van der Waals surface area contributed by atoms with E-state index in [0.29, 0.717) is 6.42 Å². The summed E-state index contributed by atoms with van der Waals surface area (Å²) in [4.78, 5) is 22.0. The fraction of sp³-hybridized carbons (Fsp3) is 0.833. The molecule has 0 bridgehead atoms. The number of sulfonamides is 1. The summed E-state index contributed by atoms with van der Waals surface area (Å²) in [7, 11) is -2.51. The fourth-order valence-electron chi connectivity index (χ4n) is 1.31. The molecule has 0 amide bonds. The van der Waals surface area contributed by atoms with Gasteiger partial charge in [0.15, 0.2) is 0 Å². The predicted octanol–water partition coefficient (Wildman–Crippen LogP) is 0.748. The van der Waals surface area contributed by atoms with Crippen LogP contribution in [0.2, 0.25) is 0 Å². The van der Waals surface area contributed by atoms with E-state index in [-0.39, 0.29) is 24.0 Å². The van der Waals surface area contributed by atoms with Crippen LogP contribution in [0.5, 0.6) is 0 Å². The van der Waals surface area contributed by atoms with Crippen molar-refractivity contribution in [3.05, 3.63) is 0 Å². The summed E-state index contributed by atoms with van der Waals surface area (Å²) in [5.41, 5.74) is -0.167. The lowest BCUT2D eigenvalue weighted by atomic mass is 9.94. The van der Waals surface area contributed by atoms with Gasteiger partial charge in [-0.2, -0.15) is 0 Å².